The fourth-order valence-corrected chi connectivity index (χ4v) is 1.16. The van der Waals surface area contributed by atoms with Gasteiger partial charge in [0.2, 0.25) is 5.91 Å². The molecule has 3 nitrogen and oxygen atoms in total. The zero-order chi connectivity index (χ0) is 9.56. The van der Waals surface area contributed by atoms with Crippen molar-refractivity contribution in [3.63, 3.8) is 0 Å². The first-order valence-electron chi connectivity index (χ1n) is 4.61. The van der Waals surface area contributed by atoms with Gasteiger partial charge in [-0.2, -0.15) is 0 Å². The first-order valence-corrected chi connectivity index (χ1v) is 4.61. The van der Waals surface area contributed by atoms with Crippen LogP contribution in [0.15, 0.2) is 0 Å². The summed E-state index contributed by atoms with van der Waals surface area (Å²) in [5, 5.41) is 2.56. The molecule has 1 saturated heterocycles. The fraction of sp³-hybridized carbons (Fsp3) is 0.889. The Balaban J connectivity index is 0.000000561. The summed E-state index contributed by atoms with van der Waals surface area (Å²) in [4.78, 5) is 10.9. The minimum absolute atomic E-state index is 0.00403. The number of ether oxygens (including phenoxy) is 1. The molecule has 0 bridgehead atoms. The van der Waals surface area contributed by atoms with E-state index in [1.165, 1.54) is 0 Å². The average molecular weight is 173 g/mol. The topological polar surface area (TPSA) is 38.3 Å². The van der Waals surface area contributed by atoms with Gasteiger partial charge in [-0.3, -0.25) is 4.79 Å². The fourth-order valence-electron chi connectivity index (χ4n) is 1.16. The van der Waals surface area contributed by atoms with Crippen LogP contribution >= 0.6 is 0 Å². The molecule has 1 aliphatic heterocycles. The second-order valence-electron chi connectivity index (χ2n) is 2.63. The lowest BCUT2D eigenvalue weighted by Crippen LogP contribution is -2.31. The molecule has 1 heterocycles. The average Bonchev–Trinajstić information content (AvgIpc) is 2.54. The van der Waals surface area contributed by atoms with Crippen LogP contribution in [0.4, 0.5) is 0 Å². The molecule has 0 saturated carbocycles. The molecular weight excluding hydrogens is 154 g/mol. The zero-order valence-electron chi connectivity index (χ0n) is 8.39. The number of hydrogen-bond donors (Lipinski definition) is 1. The van der Waals surface area contributed by atoms with Crippen LogP contribution in [0, 0.1) is 0 Å². The Morgan fingerprint density at radius 3 is 2.33 bits per heavy atom. The molecule has 0 aromatic rings. The lowest BCUT2D eigenvalue weighted by molar-refractivity contribution is -0.131. The number of amides is 1. The van der Waals surface area contributed by atoms with Crippen molar-refractivity contribution < 1.29 is 9.53 Å². The van der Waals surface area contributed by atoms with Crippen molar-refractivity contribution in [1.29, 1.82) is 0 Å². The molecule has 1 rings (SSSR count). The number of carbonyl (C=O) groups is 1. The largest absolute Gasteiger partial charge is 0.365 e. The van der Waals surface area contributed by atoms with Crippen LogP contribution in [0.1, 0.15) is 33.6 Å². The molecule has 2 atom stereocenters. The van der Waals surface area contributed by atoms with Gasteiger partial charge in [0.1, 0.15) is 6.10 Å². The van der Waals surface area contributed by atoms with Gasteiger partial charge in [-0.1, -0.05) is 13.8 Å². The highest BCUT2D eigenvalue weighted by Crippen LogP contribution is 2.18. The highest BCUT2D eigenvalue weighted by atomic mass is 16.5. The molecule has 0 spiro atoms. The summed E-state index contributed by atoms with van der Waals surface area (Å²) in [6.45, 7) is 5.99. The van der Waals surface area contributed by atoms with Gasteiger partial charge in [-0.05, 0) is 19.8 Å². The summed E-state index contributed by atoms with van der Waals surface area (Å²) in [6.07, 6.45) is 1.92. The van der Waals surface area contributed by atoms with Crippen molar-refractivity contribution in [3.05, 3.63) is 0 Å². The molecule has 1 aliphatic rings. The Morgan fingerprint density at radius 1 is 1.42 bits per heavy atom. The minimum Gasteiger partial charge on any atom is -0.365 e. The Bertz CT molecular complexity index is 136. The van der Waals surface area contributed by atoms with Crippen molar-refractivity contribution in [3.8, 4) is 0 Å². The van der Waals surface area contributed by atoms with Crippen LogP contribution in [-0.4, -0.2) is 25.2 Å². The molecule has 1 N–H and O–H groups in total. The third kappa shape index (κ3) is 3.22. The summed E-state index contributed by atoms with van der Waals surface area (Å²) in [5.41, 5.74) is 0. The molecule has 0 aromatic heterocycles. The van der Waals surface area contributed by atoms with Gasteiger partial charge < -0.3 is 10.1 Å². The minimum atomic E-state index is -0.194. The van der Waals surface area contributed by atoms with Gasteiger partial charge in [-0.25, -0.2) is 0 Å². The SMILES string of the molecule is CC.CNC(=O)C1CCC(C)O1. The summed E-state index contributed by atoms with van der Waals surface area (Å²) in [6, 6.07) is 0. The molecule has 0 aromatic carbocycles. The Hall–Kier alpha value is -0.570. The van der Waals surface area contributed by atoms with E-state index >= 15 is 0 Å². The van der Waals surface area contributed by atoms with Crippen molar-refractivity contribution in [1.82, 2.24) is 5.32 Å². The quantitative estimate of drug-likeness (QED) is 0.649. The van der Waals surface area contributed by atoms with Gasteiger partial charge >= 0.3 is 0 Å². The number of likely N-dealkylation sites (N-methyl/N-ethyl adjacent to an activating group) is 1. The molecule has 3 heteroatoms. The van der Waals surface area contributed by atoms with Crippen LogP contribution in [0.25, 0.3) is 0 Å². The van der Waals surface area contributed by atoms with Gasteiger partial charge in [0.05, 0.1) is 6.10 Å². The predicted octanol–water partition coefficient (Wildman–Crippen LogP) is 1.33. The van der Waals surface area contributed by atoms with E-state index in [0.717, 1.165) is 12.8 Å². The lowest BCUT2D eigenvalue weighted by Gasteiger charge is -2.07. The van der Waals surface area contributed by atoms with Crippen LogP contribution in [-0.2, 0) is 9.53 Å². The second-order valence-corrected chi connectivity index (χ2v) is 2.63. The van der Waals surface area contributed by atoms with Crippen LogP contribution < -0.4 is 5.32 Å². The van der Waals surface area contributed by atoms with Gasteiger partial charge in [0.25, 0.3) is 0 Å². The highest BCUT2D eigenvalue weighted by Gasteiger charge is 2.26. The van der Waals surface area contributed by atoms with E-state index in [1.54, 1.807) is 7.05 Å². The van der Waals surface area contributed by atoms with Crippen LogP contribution in [0.2, 0.25) is 0 Å². The first-order chi connectivity index (χ1) is 5.74. The second kappa shape index (κ2) is 6.00. The summed E-state index contributed by atoms with van der Waals surface area (Å²) in [7, 11) is 1.63. The Morgan fingerprint density at radius 2 is 2.00 bits per heavy atom. The lowest BCUT2D eigenvalue weighted by atomic mass is 10.2. The standard InChI is InChI=1S/C7H13NO2.C2H6/c1-5-3-4-6(10-5)7(9)8-2;1-2/h5-6H,3-4H2,1-2H3,(H,8,9);1-2H3. The van der Waals surface area contributed by atoms with Crippen molar-refractivity contribution in [2.24, 2.45) is 0 Å². The van der Waals surface area contributed by atoms with E-state index in [1.807, 2.05) is 20.8 Å². The van der Waals surface area contributed by atoms with Crippen molar-refractivity contribution >= 4 is 5.91 Å². The van der Waals surface area contributed by atoms with E-state index in [0.29, 0.717) is 0 Å². The van der Waals surface area contributed by atoms with E-state index in [4.69, 9.17) is 4.74 Å². The van der Waals surface area contributed by atoms with Crippen molar-refractivity contribution in [2.75, 3.05) is 7.05 Å². The highest BCUT2D eigenvalue weighted by molar-refractivity contribution is 5.80. The van der Waals surface area contributed by atoms with Crippen molar-refractivity contribution in [2.45, 2.75) is 45.8 Å². The third-order valence-corrected chi connectivity index (χ3v) is 1.77. The summed E-state index contributed by atoms with van der Waals surface area (Å²) < 4.78 is 5.30. The summed E-state index contributed by atoms with van der Waals surface area (Å²) in [5.74, 6) is 0.00403. The maximum Gasteiger partial charge on any atom is 0.248 e. The number of hydrogen-bond acceptors (Lipinski definition) is 2. The van der Waals surface area contributed by atoms with E-state index in [-0.39, 0.29) is 18.1 Å². The molecule has 0 aliphatic carbocycles. The monoisotopic (exact) mass is 173 g/mol. The van der Waals surface area contributed by atoms with E-state index in [9.17, 15) is 4.79 Å². The first kappa shape index (κ1) is 11.4. The summed E-state index contributed by atoms with van der Waals surface area (Å²) >= 11 is 0. The van der Waals surface area contributed by atoms with Gasteiger partial charge in [0, 0.05) is 7.05 Å². The third-order valence-electron chi connectivity index (χ3n) is 1.77. The number of carbonyl (C=O) groups excluding carboxylic acids is 1. The maximum atomic E-state index is 10.9. The maximum absolute atomic E-state index is 10.9. The molecule has 0 radical (unpaired) electrons. The van der Waals surface area contributed by atoms with Crippen LogP contribution in [0.3, 0.4) is 0 Å². The number of nitrogens with one attached hydrogen (secondary N) is 1. The van der Waals surface area contributed by atoms with E-state index in [2.05, 4.69) is 5.32 Å². The normalized spacial score (nSPS) is 27.3. The smallest absolute Gasteiger partial charge is 0.248 e. The Kier molecular flexibility index (Phi) is 5.72. The molecule has 1 fully saturated rings. The molecule has 12 heavy (non-hydrogen) atoms. The zero-order valence-corrected chi connectivity index (χ0v) is 8.39. The Labute approximate surface area is 74.5 Å². The predicted molar refractivity (Wildman–Crippen MR) is 49.0 cm³/mol. The molecule has 1 amide bonds. The molecular formula is C9H19NO2. The number of rotatable bonds is 1. The van der Waals surface area contributed by atoms with Gasteiger partial charge in [0.15, 0.2) is 0 Å². The molecule has 2 unspecified atom stereocenters. The van der Waals surface area contributed by atoms with E-state index < -0.39 is 0 Å². The van der Waals surface area contributed by atoms with Crippen LogP contribution in [0.5, 0.6) is 0 Å². The molecule has 72 valence electrons. The van der Waals surface area contributed by atoms with Gasteiger partial charge in [-0.15, -0.1) is 0 Å².